The summed E-state index contributed by atoms with van der Waals surface area (Å²) in [7, 11) is 1.64. The molecule has 2 aromatic rings. The zero-order valence-electron chi connectivity index (χ0n) is 9.29. The molecule has 0 bridgehead atoms. The molecule has 0 radical (unpaired) electrons. The van der Waals surface area contributed by atoms with E-state index >= 15 is 0 Å². The van der Waals surface area contributed by atoms with Gasteiger partial charge in [0.15, 0.2) is 0 Å². The van der Waals surface area contributed by atoms with Crippen LogP contribution in [0.4, 0.5) is 0 Å². The number of methoxy groups -OCH3 is 1. The minimum absolute atomic E-state index is 0.0999. The lowest BCUT2D eigenvalue weighted by Crippen LogP contribution is -2.11. The molecule has 0 aliphatic heterocycles. The lowest BCUT2D eigenvalue weighted by Gasteiger charge is -2.09. The molecular formula is C11H14N4O. The van der Waals surface area contributed by atoms with Crippen LogP contribution in [0.5, 0.6) is 5.75 Å². The molecule has 16 heavy (non-hydrogen) atoms. The van der Waals surface area contributed by atoms with Gasteiger partial charge in [-0.25, -0.2) is 4.68 Å². The average Bonchev–Trinajstić information content (AvgIpc) is 2.78. The van der Waals surface area contributed by atoms with Gasteiger partial charge in [-0.1, -0.05) is 5.21 Å². The first-order chi connectivity index (χ1) is 7.72. The van der Waals surface area contributed by atoms with E-state index < -0.39 is 0 Å². The van der Waals surface area contributed by atoms with Crippen molar-refractivity contribution in [3.8, 4) is 11.4 Å². The lowest BCUT2D eigenvalue weighted by molar-refractivity contribution is 0.414. The van der Waals surface area contributed by atoms with Gasteiger partial charge in [0.25, 0.3) is 0 Å². The van der Waals surface area contributed by atoms with Crippen molar-refractivity contribution in [2.45, 2.75) is 13.0 Å². The summed E-state index contributed by atoms with van der Waals surface area (Å²) in [5.74, 6) is 0.811. The average molecular weight is 218 g/mol. The number of nitrogens with two attached hydrogens (primary N) is 1. The number of nitrogens with zero attached hydrogens (tertiary/aromatic N) is 3. The molecule has 2 rings (SSSR count). The van der Waals surface area contributed by atoms with Crippen LogP contribution in [-0.2, 0) is 0 Å². The Hall–Kier alpha value is -1.88. The molecular weight excluding hydrogens is 204 g/mol. The second-order valence-corrected chi connectivity index (χ2v) is 3.56. The van der Waals surface area contributed by atoms with Crippen molar-refractivity contribution in [3.63, 3.8) is 0 Å². The Balaban J connectivity index is 2.38. The Labute approximate surface area is 93.8 Å². The summed E-state index contributed by atoms with van der Waals surface area (Å²) in [5.41, 5.74) is 7.63. The van der Waals surface area contributed by atoms with Crippen LogP contribution in [0.2, 0.25) is 0 Å². The molecule has 0 aliphatic carbocycles. The van der Waals surface area contributed by atoms with Crippen LogP contribution in [0.3, 0.4) is 0 Å². The molecule has 0 spiro atoms. The maximum Gasteiger partial charge on any atom is 0.119 e. The highest BCUT2D eigenvalue weighted by Gasteiger charge is 2.09. The summed E-state index contributed by atoms with van der Waals surface area (Å²) < 4.78 is 6.82. The molecule has 0 saturated carbocycles. The second kappa shape index (κ2) is 4.32. The monoisotopic (exact) mass is 218 g/mol. The smallest absolute Gasteiger partial charge is 0.119 e. The summed E-state index contributed by atoms with van der Waals surface area (Å²) in [6.07, 6.45) is 1.68. The van der Waals surface area contributed by atoms with Gasteiger partial charge in [-0.3, -0.25) is 0 Å². The van der Waals surface area contributed by atoms with E-state index in [1.807, 2.05) is 31.2 Å². The molecule has 0 saturated heterocycles. The van der Waals surface area contributed by atoms with Gasteiger partial charge in [-0.05, 0) is 31.2 Å². The van der Waals surface area contributed by atoms with Gasteiger partial charge in [-0.15, -0.1) is 5.10 Å². The summed E-state index contributed by atoms with van der Waals surface area (Å²) in [5, 5.41) is 7.87. The third-order valence-electron chi connectivity index (χ3n) is 2.36. The highest BCUT2D eigenvalue weighted by atomic mass is 16.5. The molecule has 1 unspecified atom stereocenters. The number of rotatable bonds is 3. The van der Waals surface area contributed by atoms with Crippen molar-refractivity contribution < 1.29 is 4.74 Å². The SMILES string of the molecule is COc1ccc(-n2nncc2C(C)N)cc1. The van der Waals surface area contributed by atoms with E-state index in [4.69, 9.17) is 10.5 Å². The van der Waals surface area contributed by atoms with E-state index in [2.05, 4.69) is 10.3 Å². The third kappa shape index (κ3) is 1.90. The van der Waals surface area contributed by atoms with Crippen LogP contribution in [0.25, 0.3) is 5.69 Å². The van der Waals surface area contributed by atoms with Crippen molar-refractivity contribution in [2.24, 2.45) is 5.73 Å². The van der Waals surface area contributed by atoms with Gasteiger partial charge in [0.1, 0.15) is 5.75 Å². The van der Waals surface area contributed by atoms with Crippen molar-refractivity contribution >= 4 is 0 Å². The van der Waals surface area contributed by atoms with Gasteiger partial charge in [-0.2, -0.15) is 0 Å². The molecule has 1 atom stereocenters. The Morgan fingerprint density at radius 2 is 2.00 bits per heavy atom. The molecule has 1 heterocycles. The fourth-order valence-electron chi connectivity index (χ4n) is 1.48. The predicted octanol–water partition coefficient (Wildman–Crippen LogP) is 1.30. The van der Waals surface area contributed by atoms with E-state index in [1.165, 1.54) is 0 Å². The van der Waals surface area contributed by atoms with Gasteiger partial charge >= 0.3 is 0 Å². The summed E-state index contributed by atoms with van der Waals surface area (Å²) in [6.45, 7) is 1.90. The van der Waals surface area contributed by atoms with Crippen LogP contribution in [0.1, 0.15) is 18.7 Å². The fraction of sp³-hybridized carbons (Fsp3) is 0.273. The Bertz CT molecular complexity index is 461. The van der Waals surface area contributed by atoms with E-state index in [9.17, 15) is 0 Å². The normalized spacial score (nSPS) is 12.4. The van der Waals surface area contributed by atoms with Crippen LogP contribution in [0.15, 0.2) is 30.5 Å². The topological polar surface area (TPSA) is 66.0 Å². The minimum Gasteiger partial charge on any atom is -0.497 e. The molecule has 0 fully saturated rings. The minimum atomic E-state index is -0.0999. The van der Waals surface area contributed by atoms with Crippen LogP contribution >= 0.6 is 0 Å². The molecule has 84 valence electrons. The van der Waals surface area contributed by atoms with Crippen molar-refractivity contribution in [2.75, 3.05) is 7.11 Å². The predicted molar refractivity (Wildman–Crippen MR) is 60.5 cm³/mol. The molecule has 0 aliphatic rings. The quantitative estimate of drug-likeness (QED) is 0.843. The first-order valence-corrected chi connectivity index (χ1v) is 5.03. The van der Waals surface area contributed by atoms with Gasteiger partial charge in [0, 0.05) is 6.04 Å². The summed E-state index contributed by atoms with van der Waals surface area (Å²) in [6, 6.07) is 7.49. The van der Waals surface area contributed by atoms with E-state index in [1.54, 1.807) is 18.0 Å². The number of aromatic nitrogens is 3. The second-order valence-electron chi connectivity index (χ2n) is 3.56. The Kier molecular flexibility index (Phi) is 2.87. The molecule has 1 aromatic carbocycles. The van der Waals surface area contributed by atoms with E-state index in [0.717, 1.165) is 17.1 Å². The number of benzene rings is 1. The molecule has 0 amide bonds. The first-order valence-electron chi connectivity index (χ1n) is 5.03. The Morgan fingerprint density at radius 3 is 2.56 bits per heavy atom. The Morgan fingerprint density at radius 1 is 1.31 bits per heavy atom. The lowest BCUT2D eigenvalue weighted by atomic mass is 10.2. The van der Waals surface area contributed by atoms with Crippen LogP contribution in [0, 0.1) is 0 Å². The van der Waals surface area contributed by atoms with Crippen molar-refractivity contribution in [3.05, 3.63) is 36.2 Å². The number of ether oxygens (including phenoxy) is 1. The maximum atomic E-state index is 5.83. The van der Waals surface area contributed by atoms with Gasteiger partial charge in [0.05, 0.1) is 24.7 Å². The van der Waals surface area contributed by atoms with Gasteiger partial charge < -0.3 is 10.5 Å². The number of hydrogen-bond acceptors (Lipinski definition) is 4. The zero-order valence-corrected chi connectivity index (χ0v) is 9.29. The van der Waals surface area contributed by atoms with E-state index in [-0.39, 0.29) is 6.04 Å². The summed E-state index contributed by atoms with van der Waals surface area (Å²) >= 11 is 0. The fourth-order valence-corrected chi connectivity index (χ4v) is 1.48. The third-order valence-corrected chi connectivity index (χ3v) is 2.36. The highest BCUT2D eigenvalue weighted by Crippen LogP contribution is 2.17. The van der Waals surface area contributed by atoms with Crippen molar-refractivity contribution in [1.82, 2.24) is 15.0 Å². The maximum absolute atomic E-state index is 5.83. The van der Waals surface area contributed by atoms with Crippen LogP contribution in [-0.4, -0.2) is 22.1 Å². The van der Waals surface area contributed by atoms with Crippen LogP contribution < -0.4 is 10.5 Å². The number of hydrogen-bond donors (Lipinski definition) is 1. The molecule has 5 nitrogen and oxygen atoms in total. The highest BCUT2D eigenvalue weighted by molar-refractivity contribution is 5.37. The largest absolute Gasteiger partial charge is 0.497 e. The standard InChI is InChI=1S/C11H14N4O/c1-8(12)11-7-13-14-15(11)9-3-5-10(16-2)6-4-9/h3-8H,12H2,1-2H3. The molecule has 5 heteroatoms. The molecule has 2 N–H and O–H groups in total. The first kappa shape index (κ1) is 10.6. The van der Waals surface area contributed by atoms with Gasteiger partial charge in [0.2, 0.25) is 0 Å². The van der Waals surface area contributed by atoms with Crippen molar-refractivity contribution in [1.29, 1.82) is 0 Å². The molecule has 1 aromatic heterocycles. The summed E-state index contributed by atoms with van der Waals surface area (Å²) in [4.78, 5) is 0. The zero-order chi connectivity index (χ0) is 11.5. The van der Waals surface area contributed by atoms with E-state index in [0.29, 0.717) is 0 Å².